The Morgan fingerprint density at radius 2 is 2.17 bits per heavy atom. The first kappa shape index (κ1) is 16.5. The molecule has 0 aliphatic carbocycles. The molecule has 2 aromatic rings. The molecule has 3 rings (SSSR count). The zero-order valence-corrected chi connectivity index (χ0v) is 13.7. The predicted molar refractivity (Wildman–Crippen MR) is 88.2 cm³/mol. The molecule has 1 aliphatic rings. The maximum Gasteiger partial charge on any atom is 0.251 e. The van der Waals surface area contributed by atoms with Crippen LogP contribution in [0.4, 0.5) is 5.69 Å². The molecule has 1 fully saturated rings. The Morgan fingerprint density at radius 1 is 1.33 bits per heavy atom. The molecule has 0 bridgehead atoms. The SMILES string of the molecule is O=C(NCC(O)c1ccco1)c1cccc(N2CCCS2(=O)=O)c1. The van der Waals surface area contributed by atoms with Crippen molar-refractivity contribution in [3.05, 3.63) is 54.0 Å². The first-order valence-electron chi connectivity index (χ1n) is 7.57. The molecule has 1 atom stereocenters. The number of hydrogen-bond donors (Lipinski definition) is 2. The van der Waals surface area contributed by atoms with Gasteiger partial charge in [0.25, 0.3) is 5.91 Å². The molecule has 0 saturated carbocycles. The third kappa shape index (κ3) is 3.44. The quantitative estimate of drug-likeness (QED) is 0.846. The largest absolute Gasteiger partial charge is 0.467 e. The number of aliphatic hydroxyl groups excluding tert-OH is 1. The van der Waals surface area contributed by atoms with Crippen LogP contribution < -0.4 is 9.62 Å². The molecule has 2 N–H and O–H groups in total. The lowest BCUT2D eigenvalue weighted by atomic mass is 10.1. The maximum atomic E-state index is 12.2. The number of nitrogens with zero attached hydrogens (tertiary/aromatic N) is 1. The summed E-state index contributed by atoms with van der Waals surface area (Å²) >= 11 is 0. The molecule has 1 aromatic carbocycles. The van der Waals surface area contributed by atoms with Gasteiger partial charge in [0, 0.05) is 12.1 Å². The van der Waals surface area contributed by atoms with Crippen molar-refractivity contribution in [2.45, 2.75) is 12.5 Å². The van der Waals surface area contributed by atoms with E-state index in [4.69, 9.17) is 4.42 Å². The van der Waals surface area contributed by atoms with Gasteiger partial charge in [0.05, 0.1) is 24.2 Å². The zero-order chi connectivity index (χ0) is 17.2. The van der Waals surface area contributed by atoms with Gasteiger partial charge in [-0.05, 0) is 36.8 Å². The number of hydrogen-bond acceptors (Lipinski definition) is 5. The Morgan fingerprint density at radius 3 is 2.83 bits per heavy atom. The van der Waals surface area contributed by atoms with Gasteiger partial charge in [0.1, 0.15) is 11.9 Å². The van der Waals surface area contributed by atoms with Crippen LogP contribution in [0, 0.1) is 0 Å². The first-order chi connectivity index (χ1) is 11.5. The molecule has 8 heteroatoms. The molecule has 128 valence electrons. The van der Waals surface area contributed by atoms with Crippen molar-refractivity contribution < 1.29 is 22.7 Å². The highest BCUT2D eigenvalue weighted by atomic mass is 32.2. The minimum absolute atomic E-state index is 0.00140. The van der Waals surface area contributed by atoms with Gasteiger partial charge in [-0.25, -0.2) is 8.42 Å². The molecule has 0 spiro atoms. The third-order valence-corrected chi connectivity index (χ3v) is 5.69. The van der Waals surface area contributed by atoms with Crippen LogP contribution in [0.25, 0.3) is 0 Å². The number of sulfonamides is 1. The highest BCUT2D eigenvalue weighted by molar-refractivity contribution is 7.93. The summed E-state index contributed by atoms with van der Waals surface area (Å²) in [6.07, 6.45) is 1.08. The molecular formula is C16H18N2O5S. The number of nitrogens with one attached hydrogen (secondary N) is 1. The predicted octanol–water partition coefficient (Wildman–Crippen LogP) is 1.28. The van der Waals surface area contributed by atoms with Gasteiger partial charge in [-0.2, -0.15) is 0 Å². The number of anilines is 1. The number of rotatable bonds is 5. The third-order valence-electron chi connectivity index (χ3n) is 3.82. The molecule has 1 aromatic heterocycles. The first-order valence-corrected chi connectivity index (χ1v) is 9.18. The molecule has 1 aliphatic heterocycles. The van der Waals surface area contributed by atoms with Crippen molar-refractivity contribution in [2.24, 2.45) is 0 Å². The number of furan rings is 1. The standard InChI is InChI=1S/C16H18N2O5S/c19-14(15-6-2-8-23-15)11-17-16(20)12-4-1-5-13(10-12)18-7-3-9-24(18,21)22/h1-2,4-6,8,10,14,19H,3,7,9,11H2,(H,17,20). The van der Waals surface area contributed by atoms with Crippen LogP contribution in [0.1, 0.15) is 28.6 Å². The van der Waals surface area contributed by atoms with E-state index in [0.29, 0.717) is 30.0 Å². The van der Waals surface area contributed by atoms with Gasteiger partial charge in [-0.15, -0.1) is 0 Å². The van der Waals surface area contributed by atoms with E-state index >= 15 is 0 Å². The van der Waals surface area contributed by atoms with E-state index in [0.717, 1.165) is 0 Å². The number of amides is 1. The van der Waals surface area contributed by atoms with Gasteiger partial charge in [0.2, 0.25) is 10.0 Å². The van der Waals surface area contributed by atoms with E-state index in [1.807, 2.05) is 0 Å². The Bertz CT molecular complexity index is 817. The van der Waals surface area contributed by atoms with E-state index in [9.17, 15) is 18.3 Å². The van der Waals surface area contributed by atoms with Crippen molar-refractivity contribution in [1.29, 1.82) is 0 Å². The minimum atomic E-state index is -3.29. The van der Waals surface area contributed by atoms with Crippen molar-refractivity contribution in [3.8, 4) is 0 Å². The van der Waals surface area contributed by atoms with Gasteiger partial charge in [-0.1, -0.05) is 6.07 Å². The average Bonchev–Trinajstić information content (AvgIpc) is 3.21. The van der Waals surface area contributed by atoms with Crippen LogP contribution >= 0.6 is 0 Å². The van der Waals surface area contributed by atoms with Gasteiger partial charge >= 0.3 is 0 Å². The van der Waals surface area contributed by atoms with Crippen LogP contribution in [-0.2, 0) is 10.0 Å². The van der Waals surface area contributed by atoms with E-state index < -0.39 is 16.1 Å². The monoisotopic (exact) mass is 350 g/mol. The number of aliphatic hydroxyl groups is 1. The summed E-state index contributed by atoms with van der Waals surface area (Å²) in [4.78, 5) is 12.2. The second-order valence-electron chi connectivity index (χ2n) is 5.53. The van der Waals surface area contributed by atoms with E-state index in [2.05, 4.69) is 5.32 Å². The summed E-state index contributed by atoms with van der Waals surface area (Å²) in [6.45, 7) is 0.420. The Kier molecular flexibility index (Phi) is 4.59. The molecular weight excluding hydrogens is 332 g/mol. The van der Waals surface area contributed by atoms with Gasteiger partial charge in [-0.3, -0.25) is 9.10 Å². The number of carbonyl (C=O) groups excluding carboxylic acids is 1. The minimum Gasteiger partial charge on any atom is -0.467 e. The van der Waals surface area contributed by atoms with Crippen molar-refractivity contribution in [3.63, 3.8) is 0 Å². The highest BCUT2D eigenvalue weighted by Gasteiger charge is 2.28. The molecule has 24 heavy (non-hydrogen) atoms. The van der Waals surface area contributed by atoms with E-state index in [1.54, 1.807) is 30.3 Å². The average molecular weight is 350 g/mol. The topological polar surface area (TPSA) is 99.8 Å². The molecule has 1 unspecified atom stereocenters. The fraction of sp³-hybridized carbons (Fsp3) is 0.312. The van der Waals surface area contributed by atoms with E-state index in [-0.39, 0.29) is 18.2 Å². The van der Waals surface area contributed by atoms with Crippen molar-refractivity contribution >= 4 is 21.6 Å². The van der Waals surface area contributed by atoms with Crippen LogP contribution in [-0.4, -0.2) is 38.3 Å². The van der Waals surface area contributed by atoms with Crippen molar-refractivity contribution in [1.82, 2.24) is 5.32 Å². The normalized spacial score (nSPS) is 17.6. The summed E-state index contributed by atoms with van der Waals surface area (Å²) in [7, 11) is -3.29. The second kappa shape index (κ2) is 6.66. The number of benzene rings is 1. The maximum absolute atomic E-state index is 12.2. The van der Waals surface area contributed by atoms with Gasteiger partial charge < -0.3 is 14.8 Å². The Hall–Kier alpha value is -2.32. The summed E-state index contributed by atoms with van der Waals surface area (Å²) in [5, 5.41) is 12.5. The van der Waals surface area contributed by atoms with Crippen LogP contribution in [0.2, 0.25) is 0 Å². The highest BCUT2D eigenvalue weighted by Crippen LogP contribution is 2.24. The summed E-state index contributed by atoms with van der Waals surface area (Å²) in [6, 6.07) is 9.71. The Labute approximate surface area is 139 Å². The molecule has 7 nitrogen and oxygen atoms in total. The van der Waals surface area contributed by atoms with Crippen LogP contribution in [0.5, 0.6) is 0 Å². The lowest BCUT2D eigenvalue weighted by molar-refractivity contribution is 0.0901. The van der Waals surface area contributed by atoms with E-state index in [1.165, 1.54) is 16.6 Å². The molecule has 1 saturated heterocycles. The van der Waals surface area contributed by atoms with Crippen LogP contribution in [0.3, 0.4) is 0 Å². The Balaban J connectivity index is 1.68. The lowest BCUT2D eigenvalue weighted by Crippen LogP contribution is -2.29. The zero-order valence-electron chi connectivity index (χ0n) is 12.9. The smallest absolute Gasteiger partial charge is 0.251 e. The molecule has 0 radical (unpaired) electrons. The summed E-state index contributed by atoms with van der Waals surface area (Å²) in [5.41, 5.74) is 0.813. The van der Waals surface area contributed by atoms with Crippen molar-refractivity contribution in [2.75, 3.05) is 23.1 Å². The fourth-order valence-corrected chi connectivity index (χ4v) is 4.16. The molecule has 1 amide bonds. The van der Waals surface area contributed by atoms with Crippen LogP contribution in [0.15, 0.2) is 47.1 Å². The second-order valence-corrected chi connectivity index (χ2v) is 7.55. The fourth-order valence-electron chi connectivity index (χ4n) is 2.60. The number of carbonyl (C=O) groups is 1. The lowest BCUT2D eigenvalue weighted by Gasteiger charge is -2.17. The molecule has 2 heterocycles. The summed E-state index contributed by atoms with van der Waals surface area (Å²) < 4.78 is 30.3. The van der Waals surface area contributed by atoms with Gasteiger partial charge in [0.15, 0.2) is 0 Å². The summed E-state index contributed by atoms with van der Waals surface area (Å²) in [5.74, 6) is 0.102.